The molecule has 0 aliphatic heterocycles. The van der Waals surface area contributed by atoms with Crippen LogP contribution in [-0.4, -0.2) is 31.2 Å². The summed E-state index contributed by atoms with van der Waals surface area (Å²) in [5.41, 5.74) is 5.96. The molecule has 5 nitrogen and oxygen atoms in total. The number of nitrogens with zero attached hydrogens (tertiary/aromatic N) is 1. The van der Waals surface area contributed by atoms with Crippen molar-refractivity contribution in [1.29, 1.82) is 0 Å². The van der Waals surface area contributed by atoms with Gasteiger partial charge in [-0.05, 0) is 17.5 Å². The van der Waals surface area contributed by atoms with Crippen molar-refractivity contribution in [3.63, 3.8) is 0 Å². The van der Waals surface area contributed by atoms with Gasteiger partial charge in [0.2, 0.25) is 0 Å². The van der Waals surface area contributed by atoms with Crippen molar-refractivity contribution in [3.05, 3.63) is 36.0 Å². The van der Waals surface area contributed by atoms with Crippen LogP contribution in [-0.2, 0) is 4.74 Å². The Kier molecular flexibility index (Phi) is 3.74. The molecule has 2 aromatic rings. The van der Waals surface area contributed by atoms with Crippen LogP contribution in [0.4, 0.5) is 5.82 Å². The number of rotatable bonds is 4. The summed E-state index contributed by atoms with van der Waals surface area (Å²) in [7, 11) is 1.37. The summed E-state index contributed by atoms with van der Waals surface area (Å²) in [6.07, 6.45) is 1.70. The van der Waals surface area contributed by atoms with Crippen LogP contribution in [0.15, 0.2) is 30.5 Å². The second-order valence-electron chi connectivity index (χ2n) is 3.77. The molecule has 0 atom stereocenters. The molecule has 0 aliphatic carbocycles. The van der Waals surface area contributed by atoms with Gasteiger partial charge in [-0.25, -0.2) is 9.78 Å². The van der Waals surface area contributed by atoms with Crippen LogP contribution >= 0.6 is 0 Å². The fraction of sp³-hybridized carbons (Fsp3) is 0.231. The minimum Gasteiger partial charge on any atom is -0.465 e. The SMILES string of the molecule is COC(=O)c1cccc2ccnc(NCCN)c12. The molecule has 0 aliphatic rings. The highest BCUT2D eigenvalue weighted by atomic mass is 16.5. The molecule has 0 fully saturated rings. The number of esters is 1. The third-order valence-corrected chi connectivity index (χ3v) is 2.63. The molecule has 0 unspecified atom stereocenters. The summed E-state index contributed by atoms with van der Waals surface area (Å²) in [6, 6.07) is 7.33. The molecule has 2 rings (SSSR count). The van der Waals surface area contributed by atoms with Crippen LogP contribution in [0.2, 0.25) is 0 Å². The van der Waals surface area contributed by atoms with Crippen molar-refractivity contribution in [2.45, 2.75) is 0 Å². The Balaban J connectivity index is 2.60. The van der Waals surface area contributed by atoms with E-state index < -0.39 is 0 Å². The van der Waals surface area contributed by atoms with Gasteiger partial charge >= 0.3 is 5.97 Å². The number of anilines is 1. The Morgan fingerprint density at radius 2 is 2.28 bits per heavy atom. The molecule has 0 saturated heterocycles. The normalized spacial score (nSPS) is 10.3. The summed E-state index contributed by atoms with van der Waals surface area (Å²) >= 11 is 0. The number of aromatic nitrogens is 1. The molecule has 18 heavy (non-hydrogen) atoms. The fourth-order valence-corrected chi connectivity index (χ4v) is 1.83. The summed E-state index contributed by atoms with van der Waals surface area (Å²) < 4.78 is 4.78. The van der Waals surface area contributed by atoms with E-state index in [1.165, 1.54) is 7.11 Å². The van der Waals surface area contributed by atoms with Crippen LogP contribution in [0.25, 0.3) is 10.8 Å². The van der Waals surface area contributed by atoms with Gasteiger partial charge in [-0.3, -0.25) is 0 Å². The fourth-order valence-electron chi connectivity index (χ4n) is 1.83. The van der Waals surface area contributed by atoms with E-state index in [0.717, 1.165) is 10.8 Å². The van der Waals surface area contributed by atoms with Gasteiger partial charge in [0.25, 0.3) is 0 Å². The second kappa shape index (κ2) is 5.46. The van der Waals surface area contributed by atoms with E-state index >= 15 is 0 Å². The van der Waals surface area contributed by atoms with Gasteiger partial charge in [0.1, 0.15) is 5.82 Å². The summed E-state index contributed by atoms with van der Waals surface area (Å²) in [6.45, 7) is 1.10. The van der Waals surface area contributed by atoms with Gasteiger partial charge in [0.15, 0.2) is 0 Å². The number of carbonyl (C=O) groups excluding carboxylic acids is 1. The van der Waals surface area contributed by atoms with Crippen LogP contribution in [0, 0.1) is 0 Å². The largest absolute Gasteiger partial charge is 0.465 e. The first-order valence-electron chi connectivity index (χ1n) is 5.68. The van der Waals surface area contributed by atoms with Crippen molar-refractivity contribution in [1.82, 2.24) is 4.98 Å². The number of hydrogen-bond acceptors (Lipinski definition) is 5. The quantitative estimate of drug-likeness (QED) is 0.796. The second-order valence-corrected chi connectivity index (χ2v) is 3.77. The predicted molar refractivity (Wildman–Crippen MR) is 70.6 cm³/mol. The lowest BCUT2D eigenvalue weighted by atomic mass is 10.1. The minimum atomic E-state index is -0.371. The lowest BCUT2D eigenvalue weighted by Crippen LogP contribution is -2.14. The van der Waals surface area contributed by atoms with E-state index in [2.05, 4.69) is 10.3 Å². The van der Waals surface area contributed by atoms with E-state index in [0.29, 0.717) is 24.5 Å². The molecule has 0 amide bonds. The third-order valence-electron chi connectivity index (χ3n) is 2.63. The number of nitrogens with two attached hydrogens (primary N) is 1. The third kappa shape index (κ3) is 2.26. The van der Waals surface area contributed by atoms with Gasteiger partial charge < -0.3 is 15.8 Å². The molecule has 94 valence electrons. The van der Waals surface area contributed by atoms with E-state index in [9.17, 15) is 4.79 Å². The average molecular weight is 245 g/mol. The zero-order valence-electron chi connectivity index (χ0n) is 10.1. The Labute approximate surface area is 105 Å². The molecule has 5 heteroatoms. The van der Waals surface area contributed by atoms with E-state index in [4.69, 9.17) is 10.5 Å². The maximum absolute atomic E-state index is 11.8. The average Bonchev–Trinajstić information content (AvgIpc) is 2.43. The monoisotopic (exact) mass is 245 g/mol. The molecule has 0 saturated carbocycles. The molecule has 1 aromatic heterocycles. The maximum atomic E-state index is 11.8. The van der Waals surface area contributed by atoms with Crippen LogP contribution in [0.3, 0.4) is 0 Å². The highest BCUT2D eigenvalue weighted by molar-refractivity contribution is 6.08. The summed E-state index contributed by atoms with van der Waals surface area (Å²) in [5.74, 6) is 0.281. The number of fused-ring (bicyclic) bond motifs is 1. The lowest BCUT2D eigenvalue weighted by Gasteiger charge is -2.10. The van der Waals surface area contributed by atoms with Crippen LogP contribution in [0.5, 0.6) is 0 Å². The van der Waals surface area contributed by atoms with Gasteiger partial charge in [0, 0.05) is 24.7 Å². The van der Waals surface area contributed by atoms with Crippen molar-refractivity contribution in [3.8, 4) is 0 Å². The number of benzene rings is 1. The first-order valence-corrected chi connectivity index (χ1v) is 5.68. The zero-order valence-corrected chi connectivity index (χ0v) is 10.1. The van der Waals surface area contributed by atoms with Gasteiger partial charge in [-0.15, -0.1) is 0 Å². The highest BCUT2D eigenvalue weighted by Crippen LogP contribution is 2.25. The number of hydrogen-bond donors (Lipinski definition) is 2. The van der Waals surface area contributed by atoms with Crippen molar-refractivity contribution < 1.29 is 9.53 Å². The number of ether oxygens (including phenoxy) is 1. The molecular formula is C13H15N3O2. The Bertz CT molecular complexity index is 564. The van der Waals surface area contributed by atoms with Gasteiger partial charge in [-0.1, -0.05) is 12.1 Å². The zero-order chi connectivity index (χ0) is 13.0. The van der Waals surface area contributed by atoms with Gasteiger partial charge in [0.05, 0.1) is 12.7 Å². The molecule has 0 radical (unpaired) electrons. The minimum absolute atomic E-state index is 0.371. The van der Waals surface area contributed by atoms with E-state index in [1.807, 2.05) is 18.2 Å². The first kappa shape index (κ1) is 12.3. The molecule has 0 bridgehead atoms. The molecular weight excluding hydrogens is 230 g/mol. The van der Waals surface area contributed by atoms with Crippen LogP contribution < -0.4 is 11.1 Å². The van der Waals surface area contributed by atoms with E-state index in [-0.39, 0.29) is 5.97 Å². The highest BCUT2D eigenvalue weighted by Gasteiger charge is 2.13. The smallest absolute Gasteiger partial charge is 0.338 e. The van der Waals surface area contributed by atoms with Gasteiger partial charge in [-0.2, -0.15) is 0 Å². The van der Waals surface area contributed by atoms with Crippen LogP contribution in [0.1, 0.15) is 10.4 Å². The number of carbonyl (C=O) groups is 1. The van der Waals surface area contributed by atoms with Crippen molar-refractivity contribution in [2.75, 3.05) is 25.5 Å². The Hall–Kier alpha value is -2.14. The van der Waals surface area contributed by atoms with E-state index in [1.54, 1.807) is 12.3 Å². The molecule has 1 heterocycles. The topological polar surface area (TPSA) is 77.2 Å². The first-order chi connectivity index (χ1) is 8.77. The summed E-state index contributed by atoms with van der Waals surface area (Å²) in [4.78, 5) is 16.0. The van der Waals surface area contributed by atoms with Crippen molar-refractivity contribution in [2.24, 2.45) is 5.73 Å². The predicted octanol–water partition coefficient (Wildman–Crippen LogP) is 1.39. The Morgan fingerprint density at radius 1 is 1.44 bits per heavy atom. The molecule has 1 aromatic carbocycles. The van der Waals surface area contributed by atoms with Crippen molar-refractivity contribution >= 4 is 22.6 Å². The lowest BCUT2D eigenvalue weighted by molar-refractivity contribution is 0.0603. The molecule has 3 N–H and O–H groups in total. The molecule has 0 spiro atoms. The summed E-state index contributed by atoms with van der Waals surface area (Å²) in [5, 5.41) is 4.81. The maximum Gasteiger partial charge on any atom is 0.338 e. The standard InChI is InChI=1S/C13H15N3O2/c1-18-13(17)10-4-2-3-9-5-7-15-12(11(9)10)16-8-6-14/h2-5,7H,6,8,14H2,1H3,(H,15,16). The number of nitrogens with one attached hydrogen (secondary N) is 1. The Morgan fingerprint density at radius 3 is 3.00 bits per heavy atom. The number of pyridine rings is 1. The number of methoxy groups -OCH3 is 1.